The number of nitrogens with one attached hydrogen (secondary N) is 1. The predicted octanol–water partition coefficient (Wildman–Crippen LogP) is 1.89. The van der Waals surface area contributed by atoms with Crippen molar-refractivity contribution in [2.45, 2.75) is 19.1 Å². The van der Waals surface area contributed by atoms with Crippen LogP contribution in [0.25, 0.3) is 0 Å². The molecular weight excluding hydrogens is 246 g/mol. The molecule has 0 spiro atoms. The van der Waals surface area contributed by atoms with Crippen molar-refractivity contribution in [2.75, 3.05) is 13.2 Å². The highest BCUT2D eigenvalue weighted by Crippen LogP contribution is 2.24. The standard InChI is InChI=1S/C13H17N3OS/c1-16-9-10-4-5-17-12(13(10)15-16)8-14-7-11-3-2-6-18-11/h2-3,6,9,12,14H,4-5,7-8H2,1H3/t12-/m1/s1. The third-order valence-corrected chi connectivity index (χ3v) is 4.02. The van der Waals surface area contributed by atoms with Gasteiger partial charge in [-0.1, -0.05) is 6.07 Å². The smallest absolute Gasteiger partial charge is 0.114 e. The number of aromatic nitrogens is 2. The molecule has 0 bridgehead atoms. The molecule has 18 heavy (non-hydrogen) atoms. The minimum Gasteiger partial charge on any atom is -0.370 e. The average Bonchev–Trinajstić information content (AvgIpc) is 2.97. The molecule has 96 valence electrons. The van der Waals surface area contributed by atoms with Crippen LogP contribution in [-0.4, -0.2) is 22.9 Å². The molecule has 0 aromatic carbocycles. The topological polar surface area (TPSA) is 39.1 Å². The van der Waals surface area contributed by atoms with E-state index in [0.29, 0.717) is 0 Å². The first-order valence-corrected chi connectivity index (χ1v) is 7.08. The van der Waals surface area contributed by atoms with Crippen LogP contribution in [0.2, 0.25) is 0 Å². The monoisotopic (exact) mass is 263 g/mol. The molecule has 1 aliphatic heterocycles. The van der Waals surface area contributed by atoms with Crippen LogP contribution in [0.1, 0.15) is 22.2 Å². The van der Waals surface area contributed by atoms with Crippen molar-refractivity contribution in [3.05, 3.63) is 39.8 Å². The Morgan fingerprint density at radius 3 is 3.39 bits per heavy atom. The molecule has 2 aromatic heterocycles. The highest BCUT2D eigenvalue weighted by molar-refractivity contribution is 7.09. The lowest BCUT2D eigenvalue weighted by Crippen LogP contribution is -2.27. The first kappa shape index (κ1) is 11.9. The second kappa shape index (κ2) is 5.22. The lowest BCUT2D eigenvalue weighted by Gasteiger charge is -2.22. The summed E-state index contributed by atoms with van der Waals surface area (Å²) in [6.45, 7) is 2.52. The molecule has 0 unspecified atom stereocenters. The van der Waals surface area contributed by atoms with Crippen LogP contribution in [0.4, 0.5) is 0 Å². The maximum absolute atomic E-state index is 5.80. The van der Waals surface area contributed by atoms with Crippen LogP contribution in [0.3, 0.4) is 0 Å². The highest BCUT2D eigenvalue weighted by Gasteiger charge is 2.23. The van der Waals surface area contributed by atoms with Gasteiger partial charge in [0.2, 0.25) is 0 Å². The van der Waals surface area contributed by atoms with Crippen LogP contribution in [0, 0.1) is 0 Å². The third kappa shape index (κ3) is 2.48. The molecule has 0 saturated carbocycles. The second-order valence-corrected chi connectivity index (χ2v) is 5.57. The summed E-state index contributed by atoms with van der Waals surface area (Å²) in [4.78, 5) is 1.35. The number of thiophene rings is 1. The van der Waals surface area contributed by atoms with E-state index in [4.69, 9.17) is 4.74 Å². The van der Waals surface area contributed by atoms with Crippen LogP contribution in [-0.2, 0) is 24.8 Å². The van der Waals surface area contributed by atoms with Gasteiger partial charge in [0.05, 0.1) is 12.3 Å². The van der Waals surface area contributed by atoms with E-state index in [1.165, 1.54) is 10.4 Å². The number of aryl methyl sites for hydroxylation is 1. The van der Waals surface area contributed by atoms with E-state index in [2.05, 4.69) is 34.1 Å². The maximum atomic E-state index is 5.80. The molecule has 4 nitrogen and oxygen atoms in total. The number of hydrogen-bond donors (Lipinski definition) is 1. The second-order valence-electron chi connectivity index (χ2n) is 4.53. The Morgan fingerprint density at radius 2 is 2.56 bits per heavy atom. The summed E-state index contributed by atoms with van der Waals surface area (Å²) < 4.78 is 7.68. The zero-order chi connectivity index (χ0) is 12.4. The molecule has 1 aliphatic rings. The molecule has 0 saturated heterocycles. The molecule has 0 radical (unpaired) electrons. The first-order valence-electron chi connectivity index (χ1n) is 6.20. The minimum absolute atomic E-state index is 0.0925. The summed E-state index contributed by atoms with van der Waals surface area (Å²) in [5.41, 5.74) is 2.43. The summed E-state index contributed by atoms with van der Waals surface area (Å²) in [7, 11) is 1.97. The number of hydrogen-bond acceptors (Lipinski definition) is 4. The van der Waals surface area contributed by atoms with Gasteiger partial charge in [-0.25, -0.2) is 0 Å². The van der Waals surface area contributed by atoms with Gasteiger partial charge in [-0.3, -0.25) is 4.68 Å². The van der Waals surface area contributed by atoms with E-state index in [1.807, 2.05) is 11.7 Å². The van der Waals surface area contributed by atoms with Gasteiger partial charge in [-0.2, -0.15) is 5.10 Å². The highest BCUT2D eigenvalue weighted by atomic mass is 32.1. The molecule has 0 aliphatic carbocycles. The van der Waals surface area contributed by atoms with Crippen LogP contribution >= 0.6 is 11.3 Å². The molecule has 3 heterocycles. The van der Waals surface area contributed by atoms with Crippen molar-refractivity contribution < 1.29 is 4.74 Å². The van der Waals surface area contributed by atoms with E-state index in [-0.39, 0.29) is 6.10 Å². The number of ether oxygens (including phenoxy) is 1. The fourth-order valence-corrected chi connectivity index (χ4v) is 2.98. The Bertz CT molecular complexity index is 506. The quantitative estimate of drug-likeness (QED) is 0.915. The van der Waals surface area contributed by atoms with Crippen molar-refractivity contribution in [1.82, 2.24) is 15.1 Å². The van der Waals surface area contributed by atoms with Gasteiger partial charge in [0.25, 0.3) is 0 Å². The number of fused-ring (bicyclic) bond motifs is 1. The lowest BCUT2D eigenvalue weighted by molar-refractivity contribution is 0.0394. The van der Waals surface area contributed by atoms with E-state index in [9.17, 15) is 0 Å². The maximum Gasteiger partial charge on any atom is 0.114 e. The fourth-order valence-electron chi connectivity index (χ4n) is 2.30. The summed E-state index contributed by atoms with van der Waals surface area (Å²) in [5, 5.41) is 10.0. The molecule has 1 N–H and O–H groups in total. The summed E-state index contributed by atoms with van der Waals surface area (Å²) >= 11 is 1.78. The van der Waals surface area contributed by atoms with E-state index >= 15 is 0 Å². The van der Waals surface area contributed by atoms with Gasteiger partial charge < -0.3 is 10.1 Å². The zero-order valence-corrected chi connectivity index (χ0v) is 11.2. The van der Waals surface area contributed by atoms with Gasteiger partial charge in [0, 0.05) is 31.2 Å². The van der Waals surface area contributed by atoms with Gasteiger partial charge in [0.1, 0.15) is 6.10 Å². The summed E-state index contributed by atoms with van der Waals surface area (Å²) in [5.74, 6) is 0. The van der Waals surface area contributed by atoms with Gasteiger partial charge >= 0.3 is 0 Å². The van der Waals surface area contributed by atoms with Crippen molar-refractivity contribution >= 4 is 11.3 Å². The molecule has 0 amide bonds. The van der Waals surface area contributed by atoms with Crippen molar-refractivity contribution in [3.63, 3.8) is 0 Å². The third-order valence-electron chi connectivity index (χ3n) is 3.14. The van der Waals surface area contributed by atoms with Gasteiger partial charge in [-0.05, 0) is 23.4 Å². The van der Waals surface area contributed by atoms with E-state index in [1.54, 1.807) is 11.3 Å². The van der Waals surface area contributed by atoms with Crippen LogP contribution in [0.15, 0.2) is 23.7 Å². The van der Waals surface area contributed by atoms with Crippen LogP contribution in [0.5, 0.6) is 0 Å². The molecule has 0 fully saturated rings. The summed E-state index contributed by atoms with van der Waals surface area (Å²) in [6.07, 6.45) is 3.17. The van der Waals surface area contributed by atoms with Crippen LogP contribution < -0.4 is 5.32 Å². The van der Waals surface area contributed by atoms with Crippen molar-refractivity contribution in [3.8, 4) is 0 Å². The van der Waals surface area contributed by atoms with E-state index < -0.39 is 0 Å². The molecular formula is C13H17N3OS. The Kier molecular flexibility index (Phi) is 3.45. The number of rotatable bonds is 4. The molecule has 1 atom stereocenters. The summed E-state index contributed by atoms with van der Waals surface area (Å²) in [6, 6.07) is 4.22. The number of nitrogens with zero attached hydrogens (tertiary/aromatic N) is 2. The van der Waals surface area contributed by atoms with Gasteiger partial charge in [0.15, 0.2) is 0 Å². The Labute approximate surface area is 111 Å². The first-order chi connectivity index (χ1) is 8.83. The minimum atomic E-state index is 0.0925. The SMILES string of the molecule is Cn1cc2c(n1)[C@@H](CNCc1cccs1)OCC2. The Balaban J connectivity index is 1.60. The Morgan fingerprint density at radius 1 is 1.61 bits per heavy atom. The Hall–Kier alpha value is -1.17. The van der Waals surface area contributed by atoms with Crippen molar-refractivity contribution in [1.29, 1.82) is 0 Å². The lowest BCUT2D eigenvalue weighted by atomic mass is 10.1. The normalized spacial score (nSPS) is 18.8. The zero-order valence-electron chi connectivity index (χ0n) is 10.4. The van der Waals surface area contributed by atoms with Gasteiger partial charge in [-0.15, -0.1) is 11.3 Å². The molecule has 2 aromatic rings. The average molecular weight is 263 g/mol. The fraction of sp³-hybridized carbons (Fsp3) is 0.462. The molecule has 3 rings (SSSR count). The predicted molar refractivity (Wildman–Crippen MR) is 71.6 cm³/mol. The van der Waals surface area contributed by atoms with Crippen molar-refractivity contribution in [2.24, 2.45) is 7.05 Å². The molecule has 5 heteroatoms. The largest absolute Gasteiger partial charge is 0.370 e. The van der Waals surface area contributed by atoms with E-state index in [0.717, 1.165) is 31.8 Å².